The molecule has 0 atom stereocenters. The maximum Gasteiger partial charge on any atom is 0.427 e. The second kappa shape index (κ2) is 7.00. The van der Waals surface area contributed by atoms with Crippen molar-refractivity contribution in [2.45, 2.75) is 27.7 Å². The molecular weight excluding hydrogens is 304 g/mol. The van der Waals surface area contributed by atoms with E-state index in [-0.39, 0.29) is 0 Å². The van der Waals surface area contributed by atoms with Gasteiger partial charge in [0, 0.05) is 0 Å². The van der Waals surface area contributed by atoms with Gasteiger partial charge >= 0.3 is 10.0 Å². The van der Waals surface area contributed by atoms with Crippen molar-refractivity contribution in [1.29, 1.82) is 10.5 Å². The molecule has 0 radical (unpaired) electrons. The van der Waals surface area contributed by atoms with Gasteiger partial charge in [-0.25, -0.2) is 0 Å². The van der Waals surface area contributed by atoms with Crippen molar-refractivity contribution < 1.29 is 8.85 Å². The summed E-state index contributed by atoms with van der Waals surface area (Å²) in [4.78, 5) is 0. The Bertz CT molecular complexity index is 763. The topological polar surface area (TPSA) is 66.0 Å². The van der Waals surface area contributed by atoms with Crippen LogP contribution < -0.4 is 8.85 Å². The van der Waals surface area contributed by atoms with Crippen LogP contribution in [-0.2, 0) is 0 Å². The first-order chi connectivity index (χ1) is 11.0. The highest BCUT2D eigenvalue weighted by Crippen LogP contribution is 2.26. The number of aryl methyl sites for hydroxylation is 2. The lowest BCUT2D eigenvalue weighted by atomic mass is 10.0. The van der Waals surface area contributed by atoms with Gasteiger partial charge in [-0.15, -0.1) is 0 Å². The third-order valence-electron chi connectivity index (χ3n) is 4.05. The van der Waals surface area contributed by atoms with Gasteiger partial charge in [0.2, 0.25) is 0 Å². The highest BCUT2D eigenvalue weighted by molar-refractivity contribution is 6.21. The van der Waals surface area contributed by atoms with Crippen LogP contribution in [0.4, 0.5) is 0 Å². The Balaban J connectivity index is 2.16. The molecule has 0 saturated heterocycles. The van der Waals surface area contributed by atoms with Crippen LogP contribution in [0.25, 0.3) is 0 Å². The molecule has 0 N–H and O–H groups in total. The first-order valence-corrected chi connectivity index (χ1v) is 8.41. The Morgan fingerprint density at radius 2 is 1.13 bits per heavy atom. The summed E-state index contributed by atoms with van der Waals surface area (Å²) >= 11 is 0. The smallest absolute Gasteiger partial charge is 0.427 e. The molecule has 0 unspecified atom stereocenters. The first kappa shape index (κ1) is 16.6. The molecule has 2 aromatic carbocycles. The Labute approximate surface area is 139 Å². The molecule has 2 aromatic rings. The summed E-state index contributed by atoms with van der Waals surface area (Å²) in [6, 6.07) is 11.8. The molecule has 0 saturated carbocycles. The van der Waals surface area contributed by atoms with E-state index in [4.69, 9.17) is 8.85 Å². The zero-order valence-electron chi connectivity index (χ0n) is 13.7. The molecule has 0 aliphatic rings. The van der Waals surface area contributed by atoms with E-state index in [0.29, 0.717) is 22.6 Å². The molecule has 0 amide bonds. The first-order valence-electron chi connectivity index (χ1n) is 7.25. The minimum Gasteiger partial charge on any atom is -0.515 e. The van der Waals surface area contributed by atoms with Crippen LogP contribution in [0.2, 0.25) is 0 Å². The van der Waals surface area contributed by atoms with E-state index in [1.54, 1.807) is 12.1 Å². The number of hydrogen-bond acceptors (Lipinski definition) is 4. The van der Waals surface area contributed by atoms with Gasteiger partial charge in [-0.2, -0.15) is 10.5 Å². The van der Waals surface area contributed by atoms with E-state index in [0.717, 1.165) is 22.3 Å². The molecular formula is C18H18N2O2Si. The predicted molar refractivity (Wildman–Crippen MR) is 91.1 cm³/mol. The van der Waals surface area contributed by atoms with Crippen LogP contribution in [0.5, 0.6) is 11.5 Å². The highest BCUT2D eigenvalue weighted by atomic mass is 28.3. The monoisotopic (exact) mass is 322 g/mol. The number of nitrogens with zero attached hydrogens (tertiary/aromatic N) is 2. The van der Waals surface area contributed by atoms with E-state index < -0.39 is 10.0 Å². The molecule has 116 valence electrons. The normalized spacial score (nSPS) is 9.83. The summed E-state index contributed by atoms with van der Waals surface area (Å²) in [5.41, 5.74) is 5.03. The average molecular weight is 322 g/mol. The Hall–Kier alpha value is -2.76. The summed E-state index contributed by atoms with van der Waals surface area (Å²) in [5.74, 6) is 1.09. The van der Waals surface area contributed by atoms with Crippen LogP contribution in [0, 0.1) is 50.4 Å². The van der Waals surface area contributed by atoms with Gasteiger partial charge in [0.15, 0.2) is 0 Å². The maximum absolute atomic E-state index is 9.29. The lowest BCUT2D eigenvalue weighted by Gasteiger charge is -2.14. The van der Waals surface area contributed by atoms with Crippen molar-refractivity contribution in [2.75, 3.05) is 0 Å². The van der Waals surface area contributed by atoms with Crippen molar-refractivity contribution >= 4 is 10.0 Å². The second-order valence-electron chi connectivity index (χ2n) is 5.39. The van der Waals surface area contributed by atoms with Crippen molar-refractivity contribution in [3.8, 4) is 23.6 Å². The van der Waals surface area contributed by atoms with Crippen LogP contribution in [0.15, 0.2) is 24.3 Å². The molecule has 0 fully saturated rings. The van der Waals surface area contributed by atoms with E-state index in [2.05, 4.69) is 12.1 Å². The second-order valence-corrected chi connectivity index (χ2v) is 6.20. The maximum atomic E-state index is 9.29. The lowest BCUT2D eigenvalue weighted by Crippen LogP contribution is -2.13. The van der Waals surface area contributed by atoms with Gasteiger partial charge in [0.25, 0.3) is 0 Å². The molecule has 2 rings (SSSR count). The van der Waals surface area contributed by atoms with E-state index >= 15 is 0 Å². The average Bonchev–Trinajstić information content (AvgIpc) is 2.54. The summed E-state index contributed by atoms with van der Waals surface area (Å²) in [7, 11) is -1.41. The molecule has 0 heterocycles. The molecule has 4 nitrogen and oxygen atoms in total. The van der Waals surface area contributed by atoms with Crippen LogP contribution in [0.1, 0.15) is 33.4 Å². The molecule has 5 heteroatoms. The Morgan fingerprint density at radius 3 is 1.48 bits per heavy atom. The number of hydrogen-bond donors (Lipinski definition) is 0. The Morgan fingerprint density at radius 1 is 0.739 bits per heavy atom. The van der Waals surface area contributed by atoms with Gasteiger partial charge < -0.3 is 8.85 Å². The highest BCUT2D eigenvalue weighted by Gasteiger charge is 2.11. The zero-order chi connectivity index (χ0) is 17.0. The van der Waals surface area contributed by atoms with Crippen molar-refractivity contribution in [1.82, 2.24) is 0 Å². The summed E-state index contributed by atoms with van der Waals surface area (Å²) in [6.07, 6.45) is 0. The van der Waals surface area contributed by atoms with E-state index in [9.17, 15) is 10.5 Å². The Kier molecular flexibility index (Phi) is 5.05. The minimum absolute atomic E-state index is 0.543. The molecule has 0 bridgehead atoms. The largest absolute Gasteiger partial charge is 0.515 e. The third-order valence-corrected chi connectivity index (χ3v) is 4.91. The van der Waals surface area contributed by atoms with Crippen LogP contribution in [0.3, 0.4) is 0 Å². The third kappa shape index (κ3) is 3.36. The summed E-state index contributed by atoms with van der Waals surface area (Å²) in [5, 5.41) is 18.6. The quantitative estimate of drug-likeness (QED) is 0.811. The van der Waals surface area contributed by atoms with Gasteiger partial charge in [0.05, 0.1) is 11.1 Å². The molecule has 0 spiro atoms. The van der Waals surface area contributed by atoms with Crippen molar-refractivity contribution in [3.63, 3.8) is 0 Å². The number of benzene rings is 2. The number of rotatable bonds is 4. The molecule has 0 aliphatic carbocycles. The van der Waals surface area contributed by atoms with Crippen molar-refractivity contribution in [2.24, 2.45) is 0 Å². The van der Waals surface area contributed by atoms with Gasteiger partial charge in [-0.1, -0.05) is 12.1 Å². The SMILES string of the molecule is Cc1ccc(O[SiH2]Oc2ccc(C)c(C)c2C#N)c(C#N)c1C. The van der Waals surface area contributed by atoms with Crippen LogP contribution in [-0.4, -0.2) is 10.0 Å². The number of nitriles is 2. The van der Waals surface area contributed by atoms with Gasteiger partial charge in [-0.3, -0.25) is 0 Å². The molecule has 0 aliphatic heterocycles. The fourth-order valence-corrected chi connectivity index (χ4v) is 3.05. The minimum atomic E-state index is -1.41. The fourth-order valence-electron chi connectivity index (χ4n) is 2.26. The van der Waals surface area contributed by atoms with E-state index in [1.165, 1.54) is 0 Å². The van der Waals surface area contributed by atoms with Gasteiger partial charge in [-0.05, 0) is 62.1 Å². The van der Waals surface area contributed by atoms with E-state index in [1.807, 2.05) is 39.8 Å². The lowest BCUT2D eigenvalue weighted by molar-refractivity contribution is 0.457. The fraction of sp³-hybridized carbons (Fsp3) is 0.222. The summed E-state index contributed by atoms with van der Waals surface area (Å²) in [6.45, 7) is 7.73. The molecule has 0 aromatic heterocycles. The summed E-state index contributed by atoms with van der Waals surface area (Å²) < 4.78 is 11.4. The molecule has 23 heavy (non-hydrogen) atoms. The zero-order valence-corrected chi connectivity index (χ0v) is 15.1. The van der Waals surface area contributed by atoms with Crippen molar-refractivity contribution in [3.05, 3.63) is 57.6 Å². The standard InChI is InChI=1S/C18H18N2O2Si/c1-11-5-7-17(15(9-19)13(11)3)21-23-22-18-8-6-12(2)14(4)16(18)10-20/h5-8H,23H2,1-4H3. The predicted octanol–water partition coefficient (Wildman–Crippen LogP) is 3.12. The van der Waals surface area contributed by atoms with Gasteiger partial charge in [0.1, 0.15) is 23.6 Å². The van der Waals surface area contributed by atoms with Crippen LogP contribution >= 0.6 is 0 Å².